The molecular weight excluding hydrogens is 276 g/mol. The molecule has 1 heterocycles. The molecule has 2 bridgehead atoms. The SMILES string of the molecule is O=C(NC1CCSCC1)NC1C2CCC(C2)C1C(=O)O. The summed E-state index contributed by atoms with van der Waals surface area (Å²) in [6.07, 6.45) is 5.04. The van der Waals surface area contributed by atoms with Gasteiger partial charge in [0.2, 0.25) is 0 Å². The van der Waals surface area contributed by atoms with Gasteiger partial charge in [0, 0.05) is 12.1 Å². The van der Waals surface area contributed by atoms with Gasteiger partial charge in [-0.25, -0.2) is 4.79 Å². The number of fused-ring (bicyclic) bond motifs is 2. The first-order valence-electron chi connectivity index (χ1n) is 7.52. The minimum Gasteiger partial charge on any atom is -0.481 e. The molecule has 1 aliphatic heterocycles. The van der Waals surface area contributed by atoms with Crippen molar-refractivity contribution in [2.45, 2.75) is 44.2 Å². The molecule has 0 aromatic heterocycles. The number of carbonyl (C=O) groups excluding carboxylic acids is 1. The van der Waals surface area contributed by atoms with Crippen LogP contribution in [-0.2, 0) is 4.79 Å². The van der Waals surface area contributed by atoms with Gasteiger partial charge >= 0.3 is 12.0 Å². The smallest absolute Gasteiger partial charge is 0.315 e. The number of thioether (sulfide) groups is 1. The number of aliphatic carboxylic acids is 1. The Morgan fingerprint density at radius 2 is 1.70 bits per heavy atom. The van der Waals surface area contributed by atoms with E-state index in [4.69, 9.17) is 0 Å². The van der Waals surface area contributed by atoms with E-state index in [-0.39, 0.29) is 30.0 Å². The van der Waals surface area contributed by atoms with Crippen LogP contribution in [0.1, 0.15) is 32.1 Å². The number of nitrogens with one attached hydrogen (secondary N) is 2. The Kier molecular flexibility index (Phi) is 4.10. The van der Waals surface area contributed by atoms with Gasteiger partial charge in [-0.1, -0.05) is 0 Å². The fourth-order valence-corrected chi connectivity index (χ4v) is 5.18. The van der Waals surface area contributed by atoms with Crippen LogP contribution in [0, 0.1) is 17.8 Å². The quantitative estimate of drug-likeness (QED) is 0.741. The largest absolute Gasteiger partial charge is 0.481 e. The highest BCUT2D eigenvalue weighted by atomic mass is 32.2. The molecule has 5 nitrogen and oxygen atoms in total. The summed E-state index contributed by atoms with van der Waals surface area (Å²) in [5, 5.41) is 15.3. The molecule has 112 valence electrons. The van der Waals surface area contributed by atoms with Gasteiger partial charge in [0.1, 0.15) is 0 Å². The summed E-state index contributed by atoms with van der Waals surface area (Å²) in [7, 11) is 0. The highest BCUT2D eigenvalue weighted by Gasteiger charge is 2.51. The van der Waals surface area contributed by atoms with Crippen molar-refractivity contribution in [1.82, 2.24) is 10.6 Å². The van der Waals surface area contributed by atoms with Crippen LogP contribution in [0.4, 0.5) is 4.79 Å². The van der Waals surface area contributed by atoms with Gasteiger partial charge < -0.3 is 15.7 Å². The van der Waals surface area contributed by atoms with Gasteiger partial charge in [-0.05, 0) is 55.4 Å². The van der Waals surface area contributed by atoms with Crippen LogP contribution < -0.4 is 10.6 Å². The predicted molar refractivity (Wildman–Crippen MR) is 77.8 cm³/mol. The van der Waals surface area contributed by atoms with Crippen molar-refractivity contribution in [3.8, 4) is 0 Å². The maximum Gasteiger partial charge on any atom is 0.315 e. The monoisotopic (exact) mass is 298 g/mol. The second-order valence-corrected chi connectivity index (χ2v) is 7.45. The van der Waals surface area contributed by atoms with E-state index in [1.165, 1.54) is 0 Å². The van der Waals surface area contributed by atoms with Crippen LogP contribution in [0.25, 0.3) is 0 Å². The minimum absolute atomic E-state index is 0.175. The number of rotatable bonds is 3. The average molecular weight is 298 g/mol. The van der Waals surface area contributed by atoms with Crippen molar-refractivity contribution >= 4 is 23.8 Å². The third-order valence-electron chi connectivity index (χ3n) is 5.06. The van der Waals surface area contributed by atoms with Gasteiger partial charge in [-0.3, -0.25) is 4.79 Å². The molecule has 0 spiro atoms. The minimum atomic E-state index is -0.753. The van der Waals surface area contributed by atoms with Crippen molar-refractivity contribution in [1.29, 1.82) is 0 Å². The van der Waals surface area contributed by atoms with Gasteiger partial charge in [0.15, 0.2) is 0 Å². The van der Waals surface area contributed by atoms with Crippen LogP contribution in [0.15, 0.2) is 0 Å². The maximum atomic E-state index is 12.1. The van der Waals surface area contributed by atoms with E-state index in [0.717, 1.165) is 43.6 Å². The summed E-state index contributed by atoms with van der Waals surface area (Å²) in [6.45, 7) is 0. The van der Waals surface area contributed by atoms with E-state index >= 15 is 0 Å². The molecule has 0 aromatic carbocycles. The highest BCUT2D eigenvalue weighted by molar-refractivity contribution is 7.99. The predicted octanol–water partition coefficient (Wildman–Crippen LogP) is 1.68. The first-order chi connectivity index (χ1) is 9.65. The van der Waals surface area contributed by atoms with Crippen LogP contribution in [0.3, 0.4) is 0 Å². The Morgan fingerprint density at radius 1 is 1.00 bits per heavy atom. The molecule has 0 radical (unpaired) electrons. The number of amides is 2. The molecule has 4 unspecified atom stereocenters. The van der Waals surface area contributed by atoms with Crippen molar-refractivity contribution in [2.75, 3.05) is 11.5 Å². The molecule has 1 saturated heterocycles. The molecule has 6 heteroatoms. The van der Waals surface area contributed by atoms with E-state index in [2.05, 4.69) is 10.6 Å². The molecule has 2 amide bonds. The molecule has 3 rings (SSSR count). The molecule has 2 saturated carbocycles. The Labute approximate surface area is 123 Å². The summed E-state index contributed by atoms with van der Waals surface area (Å²) in [5.74, 6) is 1.66. The molecular formula is C14H22N2O3S. The van der Waals surface area contributed by atoms with Crippen molar-refractivity contribution in [3.63, 3.8) is 0 Å². The first-order valence-corrected chi connectivity index (χ1v) is 8.68. The average Bonchev–Trinajstić information content (AvgIpc) is 3.00. The zero-order chi connectivity index (χ0) is 14.1. The summed E-state index contributed by atoms with van der Waals surface area (Å²) in [5.41, 5.74) is 0. The second-order valence-electron chi connectivity index (χ2n) is 6.23. The normalized spacial score (nSPS) is 36.8. The van der Waals surface area contributed by atoms with Crippen molar-refractivity contribution in [2.24, 2.45) is 17.8 Å². The lowest BCUT2D eigenvalue weighted by Gasteiger charge is -2.30. The fraction of sp³-hybridized carbons (Fsp3) is 0.857. The molecule has 4 atom stereocenters. The van der Waals surface area contributed by atoms with Crippen molar-refractivity contribution in [3.05, 3.63) is 0 Å². The maximum absolute atomic E-state index is 12.1. The van der Waals surface area contributed by atoms with Crippen molar-refractivity contribution < 1.29 is 14.7 Å². The number of carboxylic acids is 1. The summed E-state index contributed by atoms with van der Waals surface area (Å²) in [4.78, 5) is 23.5. The zero-order valence-electron chi connectivity index (χ0n) is 11.5. The Morgan fingerprint density at radius 3 is 2.40 bits per heavy atom. The van der Waals surface area contributed by atoms with E-state index in [0.29, 0.717) is 5.92 Å². The number of urea groups is 1. The lowest BCUT2D eigenvalue weighted by molar-refractivity contribution is -0.144. The first kappa shape index (κ1) is 14.0. The highest BCUT2D eigenvalue weighted by Crippen LogP contribution is 2.48. The van der Waals surface area contributed by atoms with Crippen LogP contribution in [0.2, 0.25) is 0 Å². The van der Waals surface area contributed by atoms with Gasteiger partial charge in [-0.15, -0.1) is 0 Å². The van der Waals surface area contributed by atoms with E-state index in [1.54, 1.807) is 0 Å². The Bertz CT molecular complexity index is 398. The van der Waals surface area contributed by atoms with Gasteiger partial charge in [0.05, 0.1) is 5.92 Å². The van der Waals surface area contributed by atoms with Crippen LogP contribution >= 0.6 is 11.8 Å². The summed E-state index contributed by atoms with van der Waals surface area (Å²) in [6, 6.07) is -0.104. The number of hydrogen-bond donors (Lipinski definition) is 3. The molecule has 20 heavy (non-hydrogen) atoms. The van der Waals surface area contributed by atoms with E-state index in [1.807, 2.05) is 11.8 Å². The number of carbonyl (C=O) groups is 2. The summed E-state index contributed by atoms with van der Waals surface area (Å²) < 4.78 is 0. The Balaban J connectivity index is 1.56. The lowest BCUT2D eigenvalue weighted by Crippen LogP contribution is -2.52. The molecule has 2 aliphatic carbocycles. The molecule has 0 aromatic rings. The topological polar surface area (TPSA) is 78.4 Å². The van der Waals surface area contributed by atoms with Crippen LogP contribution in [0.5, 0.6) is 0 Å². The third-order valence-corrected chi connectivity index (χ3v) is 6.10. The number of carboxylic acid groups (broad SMARTS) is 1. The second kappa shape index (κ2) is 5.84. The van der Waals surface area contributed by atoms with Crippen LogP contribution in [-0.4, -0.2) is 40.7 Å². The number of hydrogen-bond acceptors (Lipinski definition) is 3. The summed E-state index contributed by atoms with van der Waals surface area (Å²) >= 11 is 1.92. The molecule has 3 aliphatic rings. The standard InChI is InChI=1S/C14H22N2O3S/c17-13(18)11-8-1-2-9(7-8)12(11)16-14(19)15-10-3-5-20-6-4-10/h8-12H,1-7H2,(H,17,18)(H2,15,16,19). The molecule has 3 fully saturated rings. The fourth-order valence-electron chi connectivity index (χ4n) is 4.07. The zero-order valence-corrected chi connectivity index (χ0v) is 12.3. The lowest BCUT2D eigenvalue weighted by atomic mass is 9.84. The molecule has 3 N–H and O–H groups in total. The third kappa shape index (κ3) is 2.75. The van der Waals surface area contributed by atoms with Gasteiger partial charge in [0.25, 0.3) is 0 Å². The van der Waals surface area contributed by atoms with Gasteiger partial charge in [-0.2, -0.15) is 11.8 Å². The Hall–Kier alpha value is -0.910. The van der Waals surface area contributed by atoms with E-state index in [9.17, 15) is 14.7 Å². The van der Waals surface area contributed by atoms with E-state index < -0.39 is 5.97 Å².